The monoisotopic (exact) mass is 305 g/mol. The highest BCUT2D eigenvalue weighted by Gasteiger charge is 2.15. The molecule has 2 rings (SSSR count). The second-order valence-electron chi connectivity index (χ2n) is 5.24. The maximum Gasteiger partial charge on any atom is 0.177 e. The van der Waals surface area contributed by atoms with Crippen LogP contribution in [0.2, 0.25) is 0 Å². The first-order valence-corrected chi connectivity index (χ1v) is 8.17. The van der Waals surface area contributed by atoms with Gasteiger partial charge in [0.15, 0.2) is 5.17 Å². The van der Waals surface area contributed by atoms with Gasteiger partial charge < -0.3 is 4.74 Å². The van der Waals surface area contributed by atoms with Crippen molar-refractivity contribution in [2.24, 2.45) is 10.1 Å². The molecule has 0 amide bonds. The third-order valence-corrected chi connectivity index (χ3v) is 4.46. The van der Waals surface area contributed by atoms with Crippen molar-refractivity contribution in [2.75, 3.05) is 26.0 Å². The van der Waals surface area contributed by atoms with Crippen LogP contribution in [-0.4, -0.2) is 36.9 Å². The van der Waals surface area contributed by atoms with Crippen molar-refractivity contribution in [2.45, 2.75) is 27.2 Å². The molecule has 1 aliphatic heterocycles. The Morgan fingerprint density at radius 2 is 2.00 bits per heavy atom. The minimum Gasteiger partial charge on any atom is -0.385 e. The number of benzene rings is 1. The highest BCUT2D eigenvalue weighted by Crippen LogP contribution is 2.20. The number of methoxy groups -OCH3 is 1. The van der Waals surface area contributed by atoms with Gasteiger partial charge in [-0.3, -0.25) is 10.4 Å². The maximum atomic E-state index is 5.02. The Labute approximate surface area is 131 Å². The molecule has 0 aliphatic carbocycles. The van der Waals surface area contributed by atoms with E-state index < -0.39 is 0 Å². The van der Waals surface area contributed by atoms with Crippen molar-refractivity contribution >= 4 is 22.6 Å². The molecule has 1 heterocycles. The first-order valence-electron chi connectivity index (χ1n) is 7.19. The largest absolute Gasteiger partial charge is 0.385 e. The smallest absolute Gasteiger partial charge is 0.177 e. The number of aliphatic imine (C=N–C) groups is 1. The van der Waals surface area contributed by atoms with E-state index in [-0.39, 0.29) is 0 Å². The predicted molar refractivity (Wildman–Crippen MR) is 91.6 cm³/mol. The number of aryl methyl sites for hydroxylation is 3. The van der Waals surface area contributed by atoms with Crippen molar-refractivity contribution in [3.8, 4) is 0 Å². The first kappa shape index (κ1) is 16.0. The van der Waals surface area contributed by atoms with Gasteiger partial charge in [0.25, 0.3) is 0 Å². The second-order valence-corrected chi connectivity index (χ2v) is 6.21. The summed E-state index contributed by atoms with van der Waals surface area (Å²) in [6, 6.07) is 4.46. The molecule has 4 nitrogen and oxygen atoms in total. The van der Waals surface area contributed by atoms with E-state index in [2.05, 4.69) is 48.4 Å². The Kier molecular flexibility index (Phi) is 5.82. The molecule has 21 heavy (non-hydrogen) atoms. The number of thioether (sulfide) groups is 1. The number of hydrogen-bond donors (Lipinski definition) is 1. The lowest BCUT2D eigenvalue weighted by Crippen LogP contribution is -2.26. The van der Waals surface area contributed by atoms with Crippen molar-refractivity contribution in [3.05, 3.63) is 34.4 Å². The minimum absolute atomic E-state index is 0.748. The van der Waals surface area contributed by atoms with Crippen molar-refractivity contribution in [1.82, 2.24) is 5.43 Å². The normalized spacial score (nSPS) is 16.8. The van der Waals surface area contributed by atoms with E-state index in [9.17, 15) is 0 Å². The fourth-order valence-electron chi connectivity index (χ4n) is 2.20. The molecule has 0 fully saturated rings. The quantitative estimate of drug-likeness (QED) is 0.851. The van der Waals surface area contributed by atoms with Gasteiger partial charge >= 0.3 is 0 Å². The summed E-state index contributed by atoms with van der Waals surface area (Å²) in [6.07, 6.45) is 0.940. The van der Waals surface area contributed by atoms with Gasteiger partial charge in [-0.15, -0.1) is 0 Å². The van der Waals surface area contributed by atoms with E-state index in [1.165, 1.54) is 22.3 Å². The van der Waals surface area contributed by atoms with Crippen LogP contribution in [0.4, 0.5) is 0 Å². The maximum absolute atomic E-state index is 5.02. The molecule has 0 aromatic heterocycles. The third-order valence-electron chi connectivity index (χ3n) is 3.55. The molecule has 0 spiro atoms. The van der Waals surface area contributed by atoms with Gasteiger partial charge in [-0.05, 0) is 49.9 Å². The summed E-state index contributed by atoms with van der Waals surface area (Å²) in [7, 11) is 1.71. The van der Waals surface area contributed by atoms with Crippen molar-refractivity contribution in [1.29, 1.82) is 0 Å². The zero-order valence-corrected chi connectivity index (χ0v) is 14.0. The summed E-state index contributed by atoms with van der Waals surface area (Å²) in [6.45, 7) is 7.95. The Hall–Kier alpha value is -1.33. The molecule has 1 aliphatic rings. The third kappa shape index (κ3) is 4.32. The van der Waals surface area contributed by atoms with Crippen LogP contribution in [0.15, 0.2) is 22.2 Å². The average molecular weight is 305 g/mol. The number of nitrogens with one attached hydrogen (secondary N) is 1. The summed E-state index contributed by atoms with van der Waals surface area (Å²) >= 11 is 1.71. The summed E-state index contributed by atoms with van der Waals surface area (Å²) < 4.78 is 5.02. The van der Waals surface area contributed by atoms with Crippen LogP contribution < -0.4 is 5.43 Å². The predicted octanol–water partition coefficient (Wildman–Crippen LogP) is 3.04. The Balaban J connectivity index is 2.04. The minimum atomic E-state index is 0.748. The molecule has 0 atom stereocenters. The van der Waals surface area contributed by atoms with Crippen molar-refractivity contribution in [3.63, 3.8) is 0 Å². The fourth-order valence-corrected chi connectivity index (χ4v) is 2.98. The molecule has 114 valence electrons. The van der Waals surface area contributed by atoms with Gasteiger partial charge in [-0.1, -0.05) is 17.8 Å². The van der Waals surface area contributed by atoms with Gasteiger partial charge in [0.2, 0.25) is 0 Å². The zero-order chi connectivity index (χ0) is 15.2. The van der Waals surface area contributed by atoms with Gasteiger partial charge in [0, 0.05) is 31.6 Å². The van der Waals surface area contributed by atoms with Crippen LogP contribution in [0.3, 0.4) is 0 Å². The van der Waals surface area contributed by atoms with Crippen LogP contribution in [0.1, 0.15) is 28.7 Å². The average Bonchev–Trinajstić information content (AvgIpc) is 2.48. The molecule has 0 saturated heterocycles. The lowest BCUT2D eigenvalue weighted by atomic mass is 9.98. The van der Waals surface area contributed by atoms with Crippen LogP contribution in [0.5, 0.6) is 0 Å². The standard InChI is InChI=1S/C16H23N3OS/c1-11-8-13(3)14(9-12(11)2)15-10-21-16(19-18-15)17-6-5-7-20-4/h8-9H,5-7,10H2,1-4H3,(H,17,19). The van der Waals surface area contributed by atoms with Crippen LogP contribution in [0, 0.1) is 20.8 Å². The molecule has 1 aromatic rings. The molecular formula is C16H23N3OS. The van der Waals surface area contributed by atoms with Crippen LogP contribution in [0.25, 0.3) is 0 Å². The number of hydrogen-bond acceptors (Lipinski definition) is 4. The van der Waals surface area contributed by atoms with Crippen LogP contribution in [-0.2, 0) is 4.74 Å². The van der Waals surface area contributed by atoms with Gasteiger partial charge in [0.05, 0.1) is 5.71 Å². The molecule has 1 N–H and O–H groups in total. The summed E-state index contributed by atoms with van der Waals surface area (Å²) in [5.74, 6) is 0.861. The van der Waals surface area contributed by atoms with E-state index in [1.54, 1.807) is 18.9 Å². The fraction of sp³-hybridized carbons (Fsp3) is 0.500. The van der Waals surface area contributed by atoms with Crippen LogP contribution >= 0.6 is 11.8 Å². The number of ether oxygens (including phenoxy) is 1. The van der Waals surface area contributed by atoms with E-state index in [0.717, 1.165) is 36.2 Å². The Bertz CT molecular complexity index is 567. The SMILES string of the molecule is COCCCN=C1NN=C(c2cc(C)c(C)cc2C)CS1. The summed E-state index contributed by atoms with van der Waals surface area (Å²) in [5, 5.41) is 5.39. The van der Waals surface area contributed by atoms with Gasteiger partial charge in [-0.25, -0.2) is 0 Å². The number of nitrogens with zero attached hydrogens (tertiary/aromatic N) is 2. The Morgan fingerprint density at radius 3 is 2.67 bits per heavy atom. The molecule has 1 aromatic carbocycles. The van der Waals surface area contributed by atoms with Crippen molar-refractivity contribution < 1.29 is 4.74 Å². The summed E-state index contributed by atoms with van der Waals surface area (Å²) in [5.41, 5.74) is 9.31. The molecule has 0 bridgehead atoms. The number of hydrazone groups is 1. The second kappa shape index (κ2) is 7.61. The molecular weight excluding hydrogens is 282 g/mol. The first-order chi connectivity index (χ1) is 10.1. The lowest BCUT2D eigenvalue weighted by molar-refractivity contribution is 0.197. The van der Waals surface area contributed by atoms with E-state index in [4.69, 9.17) is 4.74 Å². The Morgan fingerprint density at radius 1 is 1.24 bits per heavy atom. The van der Waals surface area contributed by atoms with Gasteiger partial charge in [0.1, 0.15) is 0 Å². The van der Waals surface area contributed by atoms with Gasteiger partial charge in [-0.2, -0.15) is 5.10 Å². The highest BCUT2D eigenvalue weighted by atomic mass is 32.2. The zero-order valence-electron chi connectivity index (χ0n) is 13.2. The lowest BCUT2D eigenvalue weighted by Gasteiger charge is -2.17. The molecule has 5 heteroatoms. The molecule has 0 unspecified atom stereocenters. The highest BCUT2D eigenvalue weighted by molar-refractivity contribution is 8.14. The van der Waals surface area contributed by atoms with E-state index in [0.29, 0.717) is 0 Å². The summed E-state index contributed by atoms with van der Waals surface area (Å²) in [4.78, 5) is 4.48. The molecule has 0 saturated carbocycles. The number of amidine groups is 1. The number of rotatable bonds is 5. The van der Waals surface area contributed by atoms with E-state index in [1.807, 2.05) is 0 Å². The molecule has 0 radical (unpaired) electrons. The topological polar surface area (TPSA) is 46.0 Å². The van der Waals surface area contributed by atoms with E-state index >= 15 is 0 Å².